The number of esters is 1. The molecule has 0 aliphatic rings. The second-order valence-electron chi connectivity index (χ2n) is 6.54. The largest absolute Gasteiger partial charge is 0.449 e. The molecule has 3 aromatic carbocycles. The minimum Gasteiger partial charge on any atom is -0.449 e. The summed E-state index contributed by atoms with van der Waals surface area (Å²) in [7, 11) is 3.85. The van der Waals surface area contributed by atoms with E-state index in [1.54, 1.807) is 19.1 Å². The van der Waals surface area contributed by atoms with Crippen molar-refractivity contribution < 1.29 is 14.3 Å². The molecule has 5 heteroatoms. The van der Waals surface area contributed by atoms with Crippen LogP contribution >= 0.6 is 0 Å². The second kappa shape index (κ2) is 7.91. The number of hydrogen-bond acceptors (Lipinski definition) is 4. The van der Waals surface area contributed by atoms with E-state index in [0.717, 1.165) is 16.5 Å². The molecule has 0 fully saturated rings. The van der Waals surface area contributed by atoms with Crippen LogP contribution in [0, 0.1) is 0 Å². The average molecular weight is 362 g/mol. The first-order valence-corrected chi connectivity index (χ1v) is 8.72. The molecule has 0 unspecified atom stereocenters. The summed E-state index contributed by atoms with van der Waals surface area (Å²) in [4.78, 5) is 26.6. The van der Waals surface area contributed by atoms with E-state index >= 15 is 0 Å². The third-order valence-corrected chi connectivity index (χ3v) is 4.29. The van der Waals surface area contributed by atoms with Crippen LogP contribution in [-0.4, -0.2) is 32.1 Å². The predicted octanol–water partition coefficient (Wildman–Crippen LogP) is 4.09. The smallest absolute Gasteiger partial charge is 0.338 e. The van der Waals surface area contributed by atoms with Gasteiger partial charge in [-0.1, -0.05) is 30.3 Å². The molecule has 1 N–H and O–H groups in total. The van der Waals surface area contributed by atoms with E-state index in [2.05, 4.69) is 5.32 Å². The molecule has 3 rings (SSSR count). The van der Waals surface area contributed by atoms with E-state index in [1.165, 1.54) is 0 Å². The molecule has 0 heterocycles. The lowest BCUT2D eigenvalue weighted by atomic mass is 10.1. The van der Waals surface area contributed by atoms with Crippen LogP contribution in [0.1, 0.15) is 17.3 Å². The number of carbonyl (C=O) groups excluding carboxylic acids is 2. The Labute approximate surface area is 158 Å². The highest BCUT2D eigenvalue weighted by atomic mass is 16.5. The molecule has 0 bridgehead atoms. The number of nitrogens with zero attached hydrogens (tertiary/aromatic N) is 1. The zero-order valence-corrected chi connectivity index (χ0v) is 15.6. The van der Waals surface area contributed by atoms with Gasteiger partial charge >= 0.3 is 5.97 Å². The Morgan fingerprint density at radius 2 is 1.59 bits per heavy atom. The predicted molar refractivity (Wildman–Crippen MR) is 108 cm³/mol. The highest BCUT2D eigenvalue weighted by molar-refractivity contribution is 5.99. The van der Waals surface area contributed by atoms with E-state index in [9.17, 15) is 9.59 Å². The minimum absolute atomic E-state index is 0.372. The van der Waals surface area contributed by atoms with Gasteiger partial charge in [0.05, 0.1) is 5.56 Å². The molecule has 0 saturated carbocycles. The van der Waals surface area contributed by atoms with E-state index in [1.807, 2.05) is 73.6 Å². The van der Waals surface area contributed by atoms with Crippen molar-refractivity contribution in [2.75, 3.05) is 24.3 Å². The van der Waals surface area contributed by atoms with Crippen molar-refractivity contribution in [3.05, 3.63) is 72.3 Å². The van der Waals surface area contributed by atoms with Crippen LogP contribution in [0.4, 0.5) is 11.4 Å². The normalized spacial score (nSPS) is 11.7. The standard InChI is InChI=1S/C22H22N2O3/c1-15(27-22(26)17-9-12-20(13-10-17)24(2)3)21(25)23-19-11-8-16-6-4-5-7-18(16)14-19/h4-15H,1-3H3,(H,23,25)/t15-/m0/s1. The lowest BCUT2D eigenvalue weighted by molar-refractivity contribution is -0.123. The number of ether oxygens (including phenoxy) is 1. The van der Waals surface area contributed by atoms with Gasteiger partial charge in [0.1, 0.15) is 0 Å². The number of hydrogen-bond donors (Lipinski definition) is 1. The van der Waals surface area contributed by atoms with Gasteiger partial charge in [0.2, 0.25) is 0 Å². The summed E-state index contributed by atoms with van der Waals surface area (Å²) >= 11 is 0. The Bertz CT molecular complexity index is 965. The fourth-order valence-corrected chi connectivity index (χ4v) is 2.69. The lowest BCUT2D eigenvalue weighted by Gasteiger charge is -2.15. The molecule has 0 aliphatic carbocycles. The van der Waals surface area contributed by atoms with Crippen molar-refractivity contribution >= 4 is 34.0 Å². The van der Waals surface area contributed by atoms with Crippen LogP contribution in [0.25, 0.3) is 10.8 Å². The Balaban J connectivity index is 1.63. The van der Waals surface area contributed by atoms with Gasteiger partial charge in [0.25, 0.3) is 5.91 Å². The Morgan fingerprint density at radius 1 is 0.926 bits per heavy atom. The molecular weight excluding hydrogens is 340 g/mol. The molecule has 1 atom stereocenters. The van der Waals surface area contributed by atoms with Crippen molar-refractivity contribution in [2.24, 2.45) is 0 Å². The number of carbonyl (C=O) groups is 2. The van der Waals surface area contributed by atoms with Crippen LogP contribution in [-0.2, 0) is 9.53 Å². The van der Waals surface area contributed by atoms with Crippen molar-refractivity contribution in [1.29, 1.82) is 0 Å². The van der Waals surface area contributed by atoms with Gasteiger partial charge in [0, 0.05) is 25.5 Å². The first-order valence-electron chi connectivity index (χ1n) is 8.72. The van der Waals surface area contributed by atoms with E-state index in [-0.39, 0.29) is 5.91 Å². The molecule has 5 nitrogen and oxygen atoms in total. The van der Waals surface area contributed by atoms with Crippen LogP contribution in [0.3, 0.4) is 0 Å². The zero-order valence-electron chi connectivity index (χ0n) is 15.6. The van der Waals surface area contributed by atoms with E-state index in [0.29, 0.717) is 11.3 Å². The topological polar surface area (TPSA) is 58.6 Å². The number of nitrogens with one attached hydrogen (secondary N) is 1. The summed E-state index contributed by atoms with van der Waals surface area (Å²) in [6.07, 6.45) is -0.905. The van der Waals surface area contributed by atoms with Crippen molar-refractivity contribution in [3.8, 4) is 0 Å². The van der Waals surface area contributed by atoms with Gasteiger partial charge < -0.3 is 15.0 Å². The quantitative estimate of drug-likeness (QED) is 0.695. The number of rotatable bonds is 5. The Hall–Kier alpha value is -3.34. The van der Waals surface area contributed by atoms with Gasteiger partial charge in [-0.05, 0) is 54.1 Å². The molecule has 27 heavy (non-hydrogen) atoms. The third kappa shape index (κ3) is 4.44. The summed E-state index contributed by atoms with van der Waals surface area (Å²) in [5.41, 5.74) is 2.05. The molecule has 1 amide bonds. The SMILES string of the molecule is C[C@H](OC(=O)c1ccc(N(C)C)cc1)C(=O)Nc1ccc2ccccc2c1. The molecular formula is C22H22N2O3. The number of benzene rings is 3. The summed E-state index contributed by atoms with van der Waals surface area (Å²) < 4.78 is 5.29. The summed E-state index contributed by atoms with van der Waals surface area (Å²) in [6, 6.07) is 20.6. The molecule has 0 radical (unpaired) electrons. The summed E-state index contributed by atoms with van der Waals surface area (Å²) in [5, 5.41) is 4.91. The highest BCUT2D eigenvalue weighted by Crippen LogP contribution is 2.19. The van der Waals surface area contributed by atoms with Crippen LogP contribution in [0.2, 0.25) is 0 Å². The fraction of sp³-hybridized carbons (Fsp3) is 0.182. The van der Waals surface area contributed by atoms with Crippen molar-refractivity contribution in [3.63, 3.8) is 0 Å². The van der Waals surface area contributed by atoms with Crippen molar-refractivity contribution in [1.82, 2.24) is 0 Å². The average Bonchev–Trinajstić information content (AvgIpc) is 2.67. The minimum atomic E-state index is -0.905. The Kier molecular flexibility index (Phi) is 5.41. The van der Waals surface area contributed by atoms with Gasteiger partial charge in [-0.2, -0.15) is 0 Å². The summed E-state index contributed by atoms with van der Waals surface area (Å²) in [6.45, 7) is 1.56. The van der Waals surface area contributed by atoms with Crippen molar-refractivity contribution in [2.45, 2.75) is 13.0 Å². The molecule has 0 saturated heterocycles. The Morgan fingerprint density at radius 3 is 2.26 bits per heavy atom. The maximum absolute atomic E-state index is 12.4. The van der Waals surface area contributed by atoms with Crippen LogP contribution < -0.4 is 10.2 Å². The van der Waals surface area contributed by atoms with E-state index < -0.39 is 12.1 Å². The zero-order chi connectivity index (χ0) is 19.4. The molecule has 3 aromatic rings. The third-order valence-electron chi connectivity index (χ3n) is 4.29. The number of fused-ring (bicyclic) bond motifs is 1. The maximum Gasteiger partial charge on any atom is 0.338 e. The molecule has 0 spiro atoms. The van der Waals surface area contributed by atoms with Gasteiger partial charge in [0.15, 0.2) is 6.10 Å². The highest BCUT2D eigenvalue weighted by Gasteiger charge is 2.19. The van der Waals surface area contributed by atoms with Gasteiger partial charge in [-0.25, -0.2) is 4.79 Å². The summed E-state index contributed by atoms with van der Waals surface area (Å²) in [5.74, 6) is -0.898. The number of anilines is 2. The van der Waals surface area contributed by atoms with Gasteiger partial charge in [-0.3, -0.25) is 4.79 Å². The molecule has 0 aromatic heterocycles. The monoisotopic (exact) mass is 362 g/mol. The number of amides is 1. The van der Waals surface area contributed by atoms with Gasteiger partial charge in [-0.15, -0.1) is 0 Å². The molecule has 0 aliphatic heterocycles. The first kappa shape index (κ1) is 18.5. The lowest BCUT2D eigenvalue weighted by Crippen LogP contribution is -2.30. The second-order valence-corrected chi connectivity index (χ2v) is 6.54. The van der Waals surface area contributed by atoms with E-state index in [4.69, 9.17) is 4.74 Å². The van der Waals surface area contributed by atoms with Crippen LogP contribution in [0.5, 0.6) is 0 Å². The maximum atomic E-state index is 12.4. The molecule has 138 valence electrons. The fourth-order valence-electron chi connectivity index (χ4n) is 2.69. The first-order chi connectivity index (χ1) is 12.9. The van der Waals surface area contributed by atoms with Crippen LogP contribution in [0.15, 0.2) is 66.7 Å².